The van der Waals surface area contributed by atoms with Gasteiger partial charge in [0.25, 0.3) is 0 Å². The molecule has 1 atom stereocenters. The van der Waals surface area contributed by atoms with Gasteiger partial charge in [-0.3, -0.25) is 0 Å². The lowest BCUT2D eigenvalue weighted by Crippen LogP contribution is -2.43. The number of fused-ring (bicyclic) bond motifs is 1. The summed E-state index contributed by atoms with van der Waals surface area (Å²) < 4.78 is 39.3. The third-order valence-electron chi connectivity index (χ3n) is 3.82. The van der Waals surface area contributed by atoms with Gasteiger partial charge in [-0.05, 0) is 18.2 Å². The molecule has 0 amide bonds. The van der Waals surface area contributed by atoms with Gasteiger partial charge in [-0.2, -0.15) is 4.31 Å². The van der Waals surface area contributed by atoms with E-state index >= 15 is 0 Å². The van der Waals surface area contributed by atoms with Crippen LogP contribution in [0.1, 0.15) is 17.8 Å². The second-order valence-electron chi connectivity index (χ2n) is 5.35. The molecule has 0 saturated carbocycles. The molecule has 24 heavy (non-hydrogen) atoms. The number of rotatable bonds is 3. The molecule has 2 aromatic heterocycles. The first-order valence-electron chi connectivity index (χ1n) is 7.28. The summed E-state index contributed by atoms with van der Waals surface area (Å²) in [5.41, 5.74) is 2.48. The predicted molar refractivity (Wildman–Crippen MR) is 86.1 cm³/mol. The van der Waals surface area contributed by atoms with E-state index in [9.17, 15) is 8.42 Å². The van der Waals surface area contributed by atoms with Gasteiger partial charge in [0.1, 0.15) is 6.04 Å². The monoisotopic (exact) mass is 366 g/mol. The average Bonchev–Trinajstić information content (AvgIpc) is 3.22. The molecule has 1 aliphatic rings. The minimum atomic E-state index is -3.72. The second kappa shape index (κ2) is 5.88. The van der Waals surface area contributed by atoms with E-state index in [2.05, 4.69) is 15.2 Å². The molecule has 0 radical (unpaired) electrons. The van der Waals surface area contributed by atoms with Gasteiger partial charge in [0.05, 0.1) is 33.8 Å². The van der Waals surface area contributed by atoms with Gasteiger partial charge < -0.3 is 9.15 Å². The molecule has 0 spiro atoms. The number of aryl methyl sites for hydroxylation is 1. The van der Waals surface area contributed by atoms with E-state index < -0.39 is 16.1 Å². The fraction of sp³-hybridized carbons (Fsp3) is 0.357. The first-order chi connectivity index (χ1) is 11.6. The van der Waals surface area contributed by atoms with Crippen molar-refractivity contribution < 1.29 is 17.6 Å². The molecule has 0 aliphatic carbocycles. The Morgan fingerprint density at radius 3 is 3.00 bits per heavy atom. The van der Waals surface area contributed by atoms with Crippen molar-refractivity contribution in [1.29, 1.82) is 0 Å². The summed E-state index contributed by atoms with van der Waals surface area (Å²) in [6, 6.07) is 4.31. The van der Waals surface area contributed by atoms with Crippen molar-refractivity contribution >= 4 is 31.6 Å². The van der Waals surface area contributed by atoms with Crippen LogP contribution in [-0.4, -0.2) is 47.7 Å². The zero-order chi connectivity index (χ0) is 16.7. The molecule has 8 nitrogen and oxygen atoms in total. The molecule has 1 saturated heterocycles. The number of thiazole rings is 1. The standard InChI is InChI=1S/C14H14N4O4S2/c1-9-16-17-14(22-9)12-7-21-5-4-18(12)24(19,20)10-2-3-11-13(6-10)23-8-15-11/h2-3,6,8,12H,4-5,7H2,1H3. The number of nitrogens with zero attached hydrogens (tertiary/aromatic N) is 4. The molecule has 1 aliphatic heterocycles. The van der Waals surface area contributed by atoms with E-state index in [1.54, 1.807) is 30.6 Å². The summed E-state index contributed by atoms with van der Waals surface area (Å²) >= 11 is 1.41. The molecule has 1 aromatic carbocycles. The summed E-state index contributed by atoms with van der Waals surface area (Å²) in [4.78, 5) is 4.40. The van der Waals surface area contributed by atoms with Crippen molar-refractivity contribution in [1.82, 2.24) is 19.5 Å². The second-order valence-corrected chi connectivity index (χ2v) is 8.12. The van der Waals surface area contributed by atoms with E-state index in [-0.39, 0.29) is 23.9 Å². The first kappa shape index (κ1) is 15.6. The average molecular weight is 366 g/mol. The van der Waals surface area contributed by atoms with Crippen LogP contribution >= 0.6 is 11.3 Å². The molecule has 0 bridgehead atoms. The number of sulfonamides is 1. The Kier molecular flexibility index (Phi) is 3.83. The zero-order valence-corrected chi connectivity index (χ0v) is 14.4. The Hall–Kier alpha value is -1.88. The molecule has 1 unspecified atom stereocenters. The maximum absolute atomic E-state index is 13.1. The smallest absolute Gasteiger partial charge is 0.244 e. The maximum atomic E-state index is 13.1. The van der Waals surface area contributed by atoms with E-state index in [1.807, 2.05) is 0 Å². The predicted octanol–water partition coefficient (Wildman–Crippen LogP) is 1.75. The van der Waals surface area contributed by atoms with E-state index in [0.717, 1.165) is 10.2 Å². The summed E-state index contributed by atoms with van der Waals surface area (Å²) in [5, 5.41) is 7.74. The number of aromatic nitrogens is 3. The molecule has 126 valence electrons. The molecule has 3 heterocycles. The Bertz CT molecular complexity index is 981. The van der Waals surface area contributed by atoms with Crippen LogP contribution in [0, 0.1) is 6.92 Å². The summed E-state index contributed by atoms with van der Waals surface area (Å²) in [6.07, 6.45) is 0. The van der Waals surface area contributed by atoms with Crippen LogP contribution < -0.4 is 0 Å². The van der Waals surface area contributed by atoms with Crippen LogP contribution in [0.2, 0.25) is 0 Å². The number of hydrogen-bond donors (Lipinski definition) is 0. The number of ether oxygens (including phenoxy) is 1. The van der Waals surface area contributed by atoms with Gasteiger partial charge in [-0.25, -0.2) is 13.4 Å². The topological polar surface area (TPSA) is 98.4 Å². The molecule has 4 rings (SSSR count). The Morgan fingerprint density at radius 2 is 2.21 bits per heavy atom. The Balaban J connectivity index is 1.75. The van der Waals surface area contributed by atoms with Crippen molar-refractivity contribution in [2.75, 3.05) is 19.8 Å². The minimum absolute atomic E-state index is 0.184. The van der Waals surface area contributed by atoms with Crippen LogP contribution in [0.5, 0.6) is 0 Å². The van der Waals surface area contributed by atoms with Crippen LogP contribution in [0.15, 0.2) is 33.0 Å². The van der Waals surface area contributed by atoms with Crippen LogP contribution in [0.3, 0.4) is 0 Å². The lowest BCUT2D eigenvalue weighted by molar-refractivity contribution is 0.0221. The van der Waals surface area contributed by atoms with Crippen molar-refractivity contribution in [2.24, 2.45) is 0 Å². The lowest BCUT2D eigenvalue weighted by atomic mass is 10.3. The molecule has 1 fully saturated rings. The molecular weight excluding hydrogens is 352 g/mol. The normalized spacial score (nSPS) is 19.8. The maximum Gasteiger partial charge on any atom is 0.244 e. The van der Waals surface area contributed by atoms with Crippen molar-refractivity contribution in [3.8, 4) is 0 Å². The van der Waals surface area contributed by atoms with Gasteiger partial charge in [-0.15, -0.1) is 21.5 Å². The van der Waals surface area contributed by atoms with Gasteiger partial charge >= 0.3 is 0 Å². The highest BCUT2D eigenvalue weighted by Gasteiger charge is 2.38. The highest BCUT2D eigenvalue weighted by molar-refractivity contribution is 7.89. The summed E-state index contributed by atoms with van der Waals surface area (Å²) in [7, 11) is -3.72. The Labute approximate surface area is 142 Å². The summed E-state index contributed by atoms with van der Waals surface area (Å²) in [5.74, 6) is 0.633. The van der Waals surface area contributed by atoms with E-state index in [4.69, 9.17) is 9.15 Å². The largest absolute Gasteiger partial charge is 0.424 e. The first-order valence-corrected chi connectivity index (χ1v) is 9.60. The highest BCUT2D eigenvalue weighted by atomic mass is 32.2. The Morgan fingerprint density at radius 1 is 1.33 bits per heavy atom. The fourth-order valence-corrected chi connectivity index (χ4v) is 5.02. The quantitative estimate of drug-likeness (QED) is 0.696. The molecule has 0 N–H and O–H groups in total. The van der Waals surface area contributed by atoms with Crippen LogP contribution in [0.4, 0.5) is 0 Å². The van der Waals surface area contributed by atoms with Crippen LogP contribution in [0.25, 0.3) is 10.2 Å². The van der Waals surface area contributed by atoms with Crippen molar-refractivity contribution in [2.45, 2.75) is 17.9 Å². The number of hydrogen-bond acceptors (Lipinski definition) is 8. The molecule has 10 heteroatoms. The summed E-state index contributed by atoms with van der Waals surface area (Å²) in [6.45, 7) is 2.40. The number of morpholine rings is 1. The third-order valence-corrected chi connectivity index (χ3v) is 6.51. The fourth-order valence-electron chi connectivity index (χ4n) is 2.65. The molecular formula is C14H14N4O4S2. The SMILES string of the molecule is Cc1nnc(C2COCCN2S(=O)(=O)c2ccc3ncsc3c2)o1. The van der Waals surface area contributed by atoms with E-state index in [1.165, 1.54) is 15.6 Å². The van der Waals surface area contributed by atoms with Crippen molar-refractivity contribution in [3.63, 3.8) is 0 Å². The van der Waals surface area contributed by atoms with Gasteiger partial charge in [0.15, 0.2) is 0 Å². The third kappa shape index (κ3) is 2.61. The van der Waals surface area contributed by atoms with Gasteiger partial charge in [0, 0.05) is 13.5 Å². The zero-order valence-electron chi connectivity index (χ0n) is 12.7. The van der Waals surface area contributed by atoms with Gasteiger partial charge in [0.2, 0.25) is 21.8 Å². The van der Waals surface area contributed by atoms with Crippen LogP contribution in [-0.2, 0) is 14.8 Å². The van der Waals surface area contributed by atoms with Gasteiger partial charge in [-0.1, -0.05) is 0 Å². The minimum Gasteiger partial charge on any atom is -0.424 e. The molecule has 3 aromatic rings. The van der Waals surface area contributed by atoms with Crippen molar-refractivity contribution in [3.05, 3.63) is 35.5 Å². The number of benzene rings is 1. The van der Waals surface area contributed by atoms with E-state index in [0.29, 0.717) is 12.5 Å². The highest BCUT2D eigenvalue weighted by Crippen LogP contribution is 2.31. The lowest BCUT2D eigenvalue weighted by Gasteiger charge is -2.32.